The fourth-order valence-corrected chi connectivity index (χ4v) is 3.76. The van der Waals surface area contributed by atoms with E-state index >= 15 is 0 Å². The maximum atomic E-state index is 12.6. The molecular formula is C21H29N3O. The summed E-state index contributed by atoms with van der Waals surface area (Å²) in [6.45, 7) is 11.8. The van der Waals surface area contributed by atoms with Crippen LogP contribution in [-0.4, -0.2) is 42.0 Å². The zero-order valence-electron chi connectivity index (χ0n) is 15.9. The summed E-state index contributed by atoms with van der Waals surface area (Å²) in [5.74, 6) is 1.53. The Kier molecular flexibility index (Phi) is 5.26. The maximum absolute atomic E-state index is 12.6. The van der Waals surface area contributed by atoms with Crippen LogP contribution in [0.25, 0.3) is 10.9 Å². The maximum Gasteiger partial charge on any atom is 0.225 e. The number of aryl methyl sites for hydroxylation is 2. The minimum absolute atomic E-state index is 0.176. The predicted octanol–water partition coefficient (Wildman–Crippen LogP) is 3.94. The molecule has 1 aliphatic rings. The Morgan fingerprint density at radius 3 is 2.40 bits per heavy atom. The molecule has 0 unspecified atom stereocenters. The van der Waals surface area contributed by atoms with Crippen molar-refractivity contribution >= 4 is 22.6 Å². The normalized spacial score (nSPS) is 15.2. The highest BCUT2D eigenvalue weighted by Gasteiger charge is 2.26. The van der Waals surface area contributed by atoms with E-state index in [-0.39, 0.29) is 5.92 Å². The van der Waals surface area contributed by atoms with E-state index in [0.717, 1.165) is 50.4 Å². The Morgan fingerprint density at radius 2 is 1.76 bits per heavy atom. The van der Waals surface area contributed by atoms with Crippen LogP contribution in [0.5, 0.6) is 0 Å². The number of carbonyl (C=O) groups is 1. The first kappa shape index (κ1) is 17.7. The molecule has 4 heteroatoms. The summed E-state index contributed by atoms with van der Waals surface area (Å²) in [4.78, 5) is 21.8. The molecule has 134 valence electrons. The summed E-state index contributed by atoms with van der Waals surface area (Å²) in [6.07, 6.45) is 1.86. The lowest BCUT2D eigenvalue weighted by molar-refractivity contribution is -0.136. The molecule has 1 saturated heterocycles. The molecule has 2 aromatic rings. The van der Waals surface area contributed by atoms with E-state index in [2.05, 4.69) is 56.9 Å². The quantitative estimate of drug-likeness (QED) is 0.846. The van der Waals surface area contributed by atoms with Crippen molar-refractivity contribution in [3.8, 4) is 0 Å². The third kappa shape index (κ3) is 3.48. The largest absolute Gasteiger partial charge is 0.353 e. The van der Waals surface area contributed by atoms with Crippen molar-refractivity contribution < 1.29 is 4.79 Å². The molecule has 0 radical (unpaired) electrons. The van der Waals surface area contributed by atoms with Gasteiger partial charge in [-0.2, -0.15) is 0 Å². The van der Waals surface area contributed by atoms with E-state index in [4.69, 9.17) is 4.98 Å². The van der Waals surface area contributed by atoms with Crippen LogP contribution in [0.15, 0.2) is 24.3 Å². The number of para-hydroxylation sites is 1. The number of rotatable bonds is 4. The number of carbonyl (C=O) groups excluding carboxylic acids is 1. The van der Waals surface area contributed by atoms with Gasteiger partial charge in [-0.25, -0.2) is 4.98 Å². The average molecular weight is 339 g/mol. The summed E-state index contributed by atoms with van der Waals surface area (Å²) >= 11 is 0. The number of hydrogen-bond acceptors (Lipinski definition) is 3. The smallest absolute Gasteiger partial charge is 0.225 e. The molecule has 1 amide bonds. The van der Waals surface area contributed by atoms with Crippen molar-refractivity contribution in [1.29, 1.82) is 0 Å². The Balaban J connectivity index is 1.76. The van der Waals surface area contributed by atoms with E-state index in [1.54, 1.807) is 0 Å². The van der Waals surface area contributed by atoms with Crippen molar-refractivity contribution in [2.24, 2.45) is 5.92 Å². The van der Waals surface area contributed by atoms with Gasteiger partial charge >= 0.3 is 0 Å². The molecule has 25 heavy (non-hydrogen) atoms. The summed E-state index contributed by atoms with van der Waals surface area (Å²) in [7, 11) is 0. The van der Waals surface area contributed by atoms with Crippen LogP contribution >= 0.6 is 0 Å². The van der Waals surface area contributed by atoms with Crippen LogP contribution < -0.4 is 4.90 Å². The highest BCUT2D eigenvalue weighted by molar-refractivity contribution is 5.86. The molecule has 0 aliphatic carbocycles. The number of fused-ring (bicyclic) bond motifs is 1. The van der Waals surface area contributed by atoms with Crippen LogP contribution in [0.4, 0.5) is 5.82 Å². The van der Waals surface area contributed by atoms with Gasteiger partial charge in [0.1, 0.15) is 5.82 Å². The van der Waals surface area contributed by atoms with Gasteiger partial charge in [0.2, 0.25) is 5.91 Å². The Morgan fingerprint density at radius 1 is 1.08 bits per heavy atom. The minimum Gasteiger partial charge on any atom is -0.353 e. The first-order valence-corrected chi connectivity index (χ1v) is 9.45. The van der Waals surface area contributed by atoms with Gasteiger partial charge in [-0.15, -0.1) is 0 Å². The van der Waals surface area contributed by atoms with Crippen molar-refractivity contribution in [3.63, 3.8) is 0 Å². The predicted molar refractivity (Wildman–Crippen MR) is 104 cm³/mol. The number of pyridine rings is 1. The Bertz CT molecular complexity index is 759. The molecule has 2 heterocycles. The van der Waals surface area contributed by atoms with Crippen LogP contribution in [0.1, 0.15) is 37.8 Å². The van der Waals surface area contributed by atoms with Gasteiger partial charge in [-0.1, -0.05) is 32.0 Å². The number of hydrogen-bond donors (Lipinski definition) is 0. The molecule has 0 bridgehead atoms. The molecule has 4 nitrogen and oxygen atoms in total. The Labute approximate surface area is 150 Å². The number of nitrogens with zero attached hydrogens (tertiary/aromatic N) is 3. The summed E-state index contributed by atoms with van der Waals surface area (Å²) < 4.78 is 0. The standard InChI is InChI=1S/C21H29N3O/c1-5-17(6-2)21(25)24-12-10-23(11-13-24)19-14-16(4)18-9-7-8-15(3)20(18)22-19/h7-9,14,17H,5-6,10-13H2,1-4H3. The lowest BCUT2D eigenvalue weighted by Crippen LogP contribution is -2.50. The zero-order chi connectivity index (χ0) is 18.0. The van der Waals surface area contributed by atoms with Crippen LogP contribution in [-0.2, 0) is 4.79 Å². The molecule has 0 atom stereocenters. The van der Waals surface area contributed by atoms with E-state index < -0.39 is 0 Å². The average Bonchev–Trinajstić information content (AvgIpc) is 2.63. The molecule has 3 rings (SSSR count). The second-order valence-corrected chi connectivity index (χ2v) is 7.09. The second-order valence-electron chi connectivity index (χ2n) is 7.09. The summed E-state index contributed by atoms with van der Waals surface area (Å²) in [5.41, 5.74) is 3.57. The minimum atomic E-state index is 0.176. The molecule has 1 aromatic carbocycles. The number of anilines is 1. The van der Waals surface area contributed by atoms with Crippen molar-refractivity contribution in [2.45, 2.75) is 40.5 Å². The van der Waals surface area contributed by atoms with Crippen molar-refractivity contribution in [2.75, 3.05) is 31.1 Å². The van der Waals surface area contributed by atoms with Gasteiger partial charge in [0.15, 0.2) is 0 Å². The lowest BCUT2D eigenvalue weighted by atomic mass is 10.0. The molecular weight excluding hydrogens is 310 g/mol. The third-order valence-electron chi connectivity index (χ3n) is 5.48. The first-order chi connectivity index (χ1) is 12.0. The highest BCUT2D eigenvalue weighted by atomic mass is 16.2. The van der Waals surface area contributed by atoms with Crippen molar-refractivity contribution in [3.05, 3.63) is 35.4 Å². The van der Waals surface area contributed by atoms with Gasteiger partial charge in [0, 0.05) is 37.5 Å². The van der Waals surface area contributed by atoms with Gasteiger partial charge < -0.3 is 9.80 Å². The van der Waals surface area contributed by atoms with Gasteiger partial charge in [0.05, 0.1) is 5.52 Å². The lowest BCUT2D eigenvalue weighted by Gasteiger charge is -2.37. The van der Waals surface area contributed by atoms with Crippen LogP contribution in [0.3, 0.4) is 0 Å². The first-order valence-electron chi connectivity index (χ1n) is 9.45. The molecule has 0 spiro atoms. The fraction of sp³-hybridized carbons (Fsp3) is 0.524. The van der Waals surface area contributed by atoms with E-state index in [0.29, 0.717) is 5.91 Å². The molecule has 1 aromatic heterocycles. The Hall–Kier alpha value is -2.10. The van der Waals surface area contributed by atoms with Gasteiger partial charge in [-0.3, -0.25) is 4.79 Å². The fourth-order valence-electron chi connectivity index (χ4n) is 3.76. The summed E-state index contributed by atoms with van der Waals surface area (Å²) in [5, 5.41) is 1.23. The van der Waals surface area contributed by atoms with E-state index in [9.17, 15) is 4.79 Å². The number of aromatic nitrogens is 1. The SMILES string of the molecule is CCC(CC)C(=O)N1CCN(c2cc(C)c3cccc(C)c3n2)CC1. The second kappa shape index (κ2) is 7.42. The van der Waals surface area contributed by atoms with E-state index in [1.807, 2.05) is 4.90 Å². The molecule has 1 fully saturated rings. The molecule has 0 N–H and O–H groups in total. The number of benzene rings is 1. The van der Waals surface area contributed by atoms with Crippen LogP contribution in [0, 0.1) is 19.8 Å². The monoisotopic (exact) mass is 339 g/mol. The zero-order valence-corrected chi connectivity index (χ0v) is 15.9. The molecule has 0 saturated carbocycles. The van der Waals surface area contributed by atoms with Crippen LogP contribution in [0.2, 0.25) is 0 Å². The number of amides is 1. The number of piperazine rings is 1. The third-order valence-corrected chi connectivity index (χ3v) is 5.48. The van der Waals surface area contributed by atoms with E-state index in [1.165, 1.54) is 16.5 Å². The van der Waals surface area contributed by atoms with Crippen molar-refractivity contribution in [1.82, 2.24) is 9.88 Å². The topological polar surface area (TPSA) is 36.4 Å². The van der Waals surface area contributed by atoms with Gasteiger partial charge in [-0.05, 0) is 43.9 Å². The highest BCUT2D eigenvalue weighted by Crippen LogP contribution is 2.25. The summed E-state index contributed by atoms with van der Waals surface area (Å²) in [6, 6.07) is 8.53. The molecule has 1 aliphatic heterocycles. The van der Waals surface area contributed by atoms with Gasteiger partial charge in [0.25, 0.3) is 0 Å².